The summed E-state index contributed by atoms with van der Waals surface area (Å²) >= 11 is 0. The molecule has 3 heteroatoms. The van der Waals surface area contributed by atoms with Gasteiger partial charge in [-0.2, -0.15) is 0 Å². The van der Waals surface area contributed by atoms with Crippen LogP contribution < -0.4 is 10.6 Å². The van der Waals surface area contributed by atoms with E-state index in [1.165, 1.54) is 0 Å². The first-order chi connectivity index (χ1) is 7.68. The molecule has 0 saturated carbocycles. The molecule has 2 rings (SSSR count). The maximum absolute atomic E-state index is 12.1. The Balaban J connectivity index is 2.13. The van der Waals surface area contributed by atoms with Gasteiger partial charge in [0.15, 0.2) is 0 Å². The minimum Gasteiger partial charge on any atom is -0.348 e. The molecule has 1 aromatic rings. The highest BCUT2D eigenvalue weighted by molar-refractivity contribution is 5.97. The van der Waals surface area contributed by atoms with E-state index in [-0.39, 0.29) is 11.9 Å². The number of carbonyl (C=O) groups is 1. The molecule has 0 radical (unpaired) electrons. The van der Waals surface area contributed by atoms with Crippen LogP contribution in [0.25, 0.3) is 0 Å². The normalized spacial score (nSPS) is 19.8. The first-order valence-corrected chi connectivity index (χ1v) is 5.76. The molecule has 0 bridgehead atoms. The predicted octanol–water partition coefficient (Wildman–Crippen LogP) is 1.40. The average molecular weight is 218 g/mol. The molecular formula is C13H18N2O. The standard InChI is InChI=1S/C13H18N2O/c1-9-4-3-5-10(2)12(9)13(16)15-11-6-7-14-8-11/h3-5,11,14H,6-8H2,1-2H3,(H,15,16)/t11-/m1/s1. The van der Waals surface area contributed by atoms with E-state index in [1.54, 1.807) is 0 Å². The Morgan fingerprint density at radius 2 is 2.06 bits per heavy atom. The number of aryl methyl sites for hydroxylation is 2. The van der Waals surface area contributed by atoms with Gasteiger partial charge in [-0.25, -0.2) is 0 Å². The number of hydrogen-bond acceptors (Lipinski definition) is 2. The summed E-state index contributed by atoms with van der Waals surface area (Å²) in [5, 5.41) is 6.32. The summed E-state index contributed by atoms with van der Waals surface area (Å²) in [5.74, 6) is 0.0595. The summed E-state index contributed by atoms with van der Waals surface area (Å²) in [6.45, 7) is 5.85. The molecule has 0 unspecified atom stereocenters. The van der Waals surface area contributed by atoms with Crippen LogP contribution in [0.5, 0.6) is 0 Å². The lowest BCUT2D eigenvalue weighted by molar-refractivity contribution is 0.0939. The van der Waals surface area contributed by atoms with E-state index in [0.29, 0.717) is 0 Å². The van der Waals surface area contributed by atoms with Gasteiger partial charge in [0.1, 0.15) is 0 Å². The Hall–Kier alpha value is -1.35. The number of carbonyl (C=O) groups excluding carboxylic acids is 1. The zero-order chi connectivity index (χ0) is 11.5. The van der Waals surface area contributed by atoms with E-state index in [9.17, 15) is 4.79 Å². The number of benzene rings is 1. The maximum atomic E-state index is 12.1. The van der Waals surface area contributed by atoms with Crippen LogP contribution >= 0.6 is 0 Å². The van der Waals surface area contributed by atoms with Crippen molar-refractivity contribution in [2.75, 3.05) is 13.1 Å². The van der Waals surface area contributed by atoms with Crippen LogP contribution in [0.4, 0.5) is 0 Å². The fourth-order valence-corrected chi connectivity index (χ4v) is 2.21. The largest absolute Gasteiger partial charge is 0.348 e. The highest BCUT2D eigenvalue weighted by atomic mass is 16.1. The SMILES string of the molecule is Cc1cccc(C)c1C(=O)N[C@@H]1CCNC1. The summed E-state index contributed by atoms with van der Waals surface area (Å²) in [5.41, 5.74) is 2.92. The van der Waals surface area contributed by atoms with Crippen LogP contribution in [0.3, 0.4) is 0 Å². The predicted molar refractivity (Wildman–Crippen MR) is 64.7 cm³/mol. The Morgan fingerprint density at radius 1 is 1.38 bits per heavy atom. The zero-order valence-electron chi connectivity index (χ0n) is 9.84. The fourth-order valence-electron chi connectivity index (χ4n) is 2.21. The topological polar surface area (TPSA) is 41.1 Å². The quantitative estimate of drug-likeness (QED) is 0.787. The minimum atomic E-state index is 0.0595. The molecule has 1 aliphatic rings. The van der Waals surface area contributed by atoms with Crippen LogP contribution in [0.15, 0.2) is 18.2 Å². The molecule has 1 heterocycles. The third-order valence-electron chi connectivity index (χ3n) is 3.10. The lowest BCUT2D eigenvalue weighted by Gasteiger charge is -2.14. The molecule has 1 atom stereocenters. The van der Waals surface area contributed by atoms with Crippen molar-refractivity contribution in [1.29, 1.82) is 0 Å². The molecule has 86 valence electrons. The monoisotopic (exact) mass is 218 g/mol. The van der Waals surface area contributed by atoms with E-state index < -0.39 is 0 Å². The fraction of sp³-hybridized carbons (Fsp3) is 0.462. The molecule has 3 nitrogen and oxygen atoms in total. The number of amides is 1. The van der Waals surface area contributed by atoms with Crippen molar-refractivity contribution < 1.29 is 4.79 Å². The van der Waals surface area contributed by atoms with Crippen molar-refractivity contribution in [3.05, 3.63) is 34.9 Å². The Kier molecular flexibility index (Phi) is 3.25. The highest BCUT2D eigenvalue weighted by Gasteiger charge is 2.19. The summed E-state index contributed by atoms with van der Waals surface area (Å²) in [6, 6.07) is 6.23. The third-order valence-corrected chi connectivity index (χ3v) is 3.10. The second kappa shape index (κ2) is 4.66. The van der Waals surface area contributed by atoms with E-state index in [4.69, 9.17) is 0 Å². The highest BCUT2D eigenvalue weighted by Crippen LogP contribution is 2.13. The van der Waals surface area contributed by atoms with E-state index in [2.05, 4.69) is 10.6 Å². The van der Waals surface area contributed by atoms with Gasteiger partial charge in [0, 0.05) is 18.2 Å². The van der Waals surface area contributed by atoms with E-state index in [1.807, 2.05) is 32.0 Å². The zero-order valence-corrected chi connectivity index (χ0v) is 9.84. The van der Waals surface area contributed by atoms with Crippen molar-refractivity contribution in [2.24, 2.45) is 0 Å². The molecule has 2 N–H and O–H groups in total. The molecule has 1 saturated heterocycles. The average Bonchev–Trinajstić information content (AvgIpc) is 2.70. The summed E-state index contributed by atoms with van der Waals surface area (Å²) in [7, 11) is 0. The smallest absolute Gasteiger partial charge is 0.252 e. The number of hydrogen-bond donors (Lipinski definition) is 2. The van der Waals surface area contributed by atoms with Gasteiger partial charge in [0.25, 0.3) is 5.91 Å². The molecule has 1 aliphatic heterocycles. The van der Waals surface area contributed by atoms with Crippen molar-refractivity contribution in [3.8, 4) is 0 Å². The molecule has 16 heavy (non-hydrogen) atoms. The Morgan fingerprint density at radius 3 is 2.62 bits per heavy atom. The molecule has 1 aromatic carbocycles. The molecular weight excluding hydrogens is 200 g/mol. The third kappa shape index (κ3) is 2.25. The first-order valence-electron chi connectivity index (χ1n) is 5.76. The second-order valence-electron chi connectivity index (χ2n) is 4.43. The lowest BCUT2D eigenvalue weighted by Crippen LogP contribution is -2.36. The van der Waals surface area contributed by atoms with Gasteiger partial charge in [-0.15, -0.1) is 0 Å². The van der Waals surface area contributed by atoms with Crippen LogP contribution in [0, 0.1) is 13.8 Å². The minimum absolute atomic E-state index is 0.0595. The Labute approximate surface area is 96.2 Å². The maximum Gasteiger partial charge on any atom is 0.252 e. The van der Waals surface area contributed by atoms with E-state index in [0.717, 1.165) is 36.2 Å². The van der Waals surface area contributed by atoms with Crippen molar-refractivity contribution in [3.63, 3.8) is 0 Å². The Bertz CT molecular complexity index is 375. The van der Waals surface area contributed by atoms with Crippen LogP contribution in [0.1, 0.15) is 27.9 Å². The van der Waals surface area contributed by atoms with Crippen LogP contribution in [-0.4, -0.2) is 25.0 Å². The van der Waals surface area contributed by atoms with Gasteiger partial charge in [-0.3, -0.25) is 4.79 Å². The molecule has 0 aliphatic carbocycles. The lowest BCUT2D eigenvalue weighted by atomic mass is 10.0. The van der Waals surface area contributed by atoms with Crippen LogP contribution in [-0.2, 0) is 0 Å². The summed E-state index contributed by atoms with van der Waals surface area (Å²) in [4.78, 5) is 12.1. The molecule has 0 spiro atoms. The molecule has 0 aromatic heterocycles. The molecule has 1 amide bonds. The van der Waals surface area contributed by atoms with Crippen molar-refractivity contribution in [2.45, 2.75) is 26.3 Å². The van der Waals surface area contributed by atoms with Gasteiger partial charge in [-0.1, -0.05) is 18.2 Å². The number of rotatable bonds is 2. The van der Waals surface area contributed by atoms with Gasteiger partial charge >= 0.3 is 0 Å². The second-order valence-corrected chi connectivity index (χ2v) is 4.43. The van der Waals surface area contributed by atoms with Crippen LogP contribution in [0.2, 0.25) is 0 Å². The summed E-state index contributed by atoms with van der Waals surface area (Å²) in [6.07, 6.45) is 1.02. The first kappa shape index (κ1) is 11.1. The van der Waals surface area contributed by atoms with Crippen molar-refractivity contribution in [1.82, 2.24) is 10.6 Å². The van der Waals surface area contributed by atoms with Gasteiger partial charge in [0.05, 0.1) is 0 Å². The van der Waals surface area contributed by atoms with Gasteiger partial charge in [0.2, 0.25) is 0 Å². The van der Waals surface area contributed by atoms with Gasteiger partial charge in [-0.05, 0) is 37.9 Å². The van der Waals surface area contributed by atoms with Crippen molar-refractivity contribution >= 4 is 5.91 Å². The number of nitrogens with one attached hydrogen (secondary N) is 2. The molecule has 1 fully saturated rings. The van der Waals surface area contributed by atoms with Gasteiger partial charge < -0.3 is 10.6 Å². The summed E-state index contributed by atoms with van der Waals surface area (Å²) < 4.78 is 0. The van der Waals surface area contributed by atoms with E-state index >= 15 is 0 Å².